The Balaban J connectivity index is 1.95. The van der Waals surface area contributed by atoms with E-state index in [9.17, 15) is 0 Å². The van der Waals surface area contributed by atoms with Gasteiger partial charge in [0.1, 0.15) is 0 Å². The molecule has 0 aliphatic heterocycles. The molecular formula is C14H24N2S. The monoisotopic (exact) mass is 252 g/mol. The van der Waals surface area contributed by atoms with Gasteiger partial charge in [-0.3, -0.25) is 0 Å². The zero-order chi connectivity index (χ0) is 12.5. The number of thiazole rings is 1. The lowest BCUT2D eigenvalue weighted by atomic mass is 9.75. The molecule has 1 heterocycles. The third-order valence-corrected chi connectivity index (χ3v) is 4.98. The van der Waals surface area contributed by atoms with Gasteiger partial charge < -0.3 is 5.32 Å². The van der Waals surface area contributed by atoms with E-state index < -0.39 is 0 Å². The Kier molecular flexibility index (Phi) is 3.88. The summed E-state index contributed by atoms with van der Waals surface area (Å²) in [4.78, 5) is 5.73. The van der Waals surface area contributed by atoms with E-state index in [1.54, 1.807) is 11.3 Å². The van der Waals surface area contributed by atoms with Crippen LogP contribution in [0.5, 0.6) is 0 Å². The molecule has 0 bridgehead atoms. The number of nitrogens with zero attached hydrogens (tertiary/aromatic N) is 1. The number of hydrogen-bond donors (Lipinski definition) is 1. The summed E-state index contributed by atoms with van der Waals surface area (Å²) in [6.07, 6.45) is 5.36. The molecule has 1 aliphatic rings. The standard InChI is InChI=1S/C14H24N2S/c1-10-13(17-9-15-10)11(2)16-12-6-5-7-14(3,4)8-12/h9,11-12,16H,5-8H2,1-4H3. The van der Waals surface area contributed by atoms with E-state index in [0.717, 1.165) is 0 Å². The summed E-state index contributed by atoms with van der Waals surface area (Å²) in [5.41, 5.74) is 3.65. The molecule has 0 aromatic carbocycles. The Morgan fingerprint density at radius 3 is 2.88 bits per heavy atom. The van der Waals surface area contributed by atoms with Gasteiger partial charge in [0.05, 0.1) is 11.2 Å². The normalized spacial score (nSPS) is 25.8. The highest BCUT2D eigenvalue weighted by molar-refractivity contribution is 7.09. The van der Waals surface area contributed by atoms with Crippen molar-refractivity contribution >= 4 is 11.3 Å². The second-order valence-electron chi connectivity index (χ2n) is 6.15. The molecule has 1 aromatic heterocycles. The smallest absolute Gasteiger partial charge is 0.0798 e. The molecule has 1 saturated carbocycles. The first-order valence-corrected chi connectivity index (χ1v) is 7.52. The Hall–Kier alpha value is -0.410. The number of aromatic nitrogens is 1. The molecule has 1 aliphatic carbocycles. The highest BCUT2D eigenvalue weighted by atomic mass is 32.1. The molecule has 17 heavy (non-hydrogen) atoms. The maximum absolute atomic E-state index is 4.34. The van der Waals surface area contributed by atoms with Crippen molar-refractivity contribution in [2.75, 3.05) is 0 Å². The molecule has 96 valence electrons. The van der Waals surface area contributed by atoms with Gasteiger partial charge in [-0.15, -0.1) is 11.3 Å². The highest BCUT2D eigenvalue weighted by Crippen LogP contribution is 2.36. The van der Waals surface area contributed by atoms with Crippen LogP contribution in [0.4, 0.5) is 0 Å². The molecular weight excluding hydrogens is 228 g/mol. The minimum absolute atomic E-state index is 0.446. The van der Waals surface area contributed by atoms with Gasteiger partial charge in [-0.05, 0) is 38.5 Å². The molecule has 2 atom stereocenters. The first-order chi connectivity index (χ1) is 7.98. The van der Waals surface area contributed by atoms with Crippen molar-refractivity contribution in [2.45, 2.75) is 65.5 Å². The molecule has 2 rings (SSSR count). The van der Waals surface area contributed by atoms with Gasteiger partial charge in [-0.2, -0.15) is 0 Å². The average Bonchev–Trinajstić information content (AvgIpc) is 2.62. The van der Waals surface area contributed by atoms with Crippen molar-refractivity contribution in [3.8, 4) is 0 Å². The van der Waals surface area contributed by atoms with E-state index >= 15 is 0 Å². The maximum Gasteiger partial charge on any atom is 0.0798 e. The Morgan fingerprint density at radius 2 is 2.29 bits per heavy atom. The van der Waals surface area contributed by atoms with Crippen molar-refractivity contribution < 1.29 is 0 Å². The molecule has 0 amide bonds. The lowest BCUT2D eigenvalue weighted by molar-refractivity contribution is 0.191. The molecule has 2 nitrogen and oxygen atoms in total. The van der Waals surface area contributed by atoms with Crippen molar-refractivity contribution in [1.29, 1.82) is 0 Å². The number of hydrogen-bond acceptors (Lipinski definition) is 3. The molecule has 1 fully saturated rings. The highest BCUT2D eigenvalue weighted by Gasteiger charge is 2.28. The third kappa shape index (κ3) is 3.29. The second-order valence-corrected chi connectivity index (χ2v) is 7.03. The van der Waals surface area contributed by atoms with Crippen molar-refractivity contribution in [2.24, 2.45) is 5.41 Å². The van der Waals surface area contributed by atoms with Crippen LogP contribution in [0.2, 0.25) is 0 Å². The zero-order valence-electron chi connectivity index (χ0n) is 11.4. The third-order valence-electron chi connectivity index (χ3n) is 3.87. The summed E-state index contributed by atoms with van der Waals surface area (Å²) in [6, 6.07) is 1.12. The van der Waals surface area contributed by atoms with Crippen molar-refractivity contribution in [1.82, 2.24) is 10.3 Å². The fraction of sp³-hybridized carbons (Fsp3) is 0.786. The molecule has 2 unspecified atom stereocenters. The van der Waals surface area contributed by atoms with Gasteiger partial charge in [0.2, 0.25) is 0 Å². The lowest BCUT2D eigenvalue weighted by Gasteiger charge is -2.37. The largest absolute Gasteiger partial charge is 0.307 e. The predicted molar refractivity (Wildman–Crippen MR) is 74.4 cm³/mol. The van der Waals surface area contributed by atoms with E-state index in [1.165, 1.54) is 36.3 Å². The average molecular weight is 252 g/mol. The van der Waals surface area contributed by atoms with Crippen LogP contribution in [0.1, 0.15) is 63.1 Å². The van der Waals surface area contributed by atoms with E-state index in [0.29, 0.717) is 17.5 Å². The van der Waals surface area contributed by atoms with E-state index in [-0.39, 0.29) is 0 Å². The maximum atomic E-state index is 4.34. The fourth-order valence-corrected chi connectivity index (χ4v) is 3.82. The van der Waals surface area contributed by atoms with Gasteiger partial charge in [0.25, 0.3) is 0 Å². The molecule has 0 radical (unpaired) electrons. The van der Waals surface area contributed by atoms with E-state index in [1.807, 2.05) is 5.51 Å². The van der Waals surface area contributed by atoms with E-state index in [2.05, 4.69) is 38.0 Å². The lowest BCUT2D eigenvalue weighted by Crippen LogP contribution is -2.38. The summed E-state index contributed by atoms with van der Waals surface area (Å²) in [7, 11) is 0. The summed E-state index contributed by atoms with van der Waals surface area (Å²) >= 11 is 1.77. The van der Waals surface area contributed by atoms with Crippen LogP contribution in [0.25, 0.3) is 0 Å². The van der Waals surface area contributed by atoms with Crippen LogP contribution in [-0.2, 0) is 0 Å². The topological polar surface area (TPSA) is 24.9 Å². The second kappa shape index (κ2) is 5.07. The summed E-state index contributed by atoms with van der Waals surface area (Å²) in [5, 5.41) is 3.79. The Labute approximate surface area is 109 Å². The summed E-state index contributed by atoms with van der Waals surface area (Å²) in [5.74, 6) is 0. The first kappa shape index (κ1) is 13.0. The number of rotatable bonds is 3. The minimum atomic E-state index is 0.446. The summed E-state index contributed by atoms with van der Waals surface area (Å²) < 4.78 is 0. The van der Waals surface area contributed by atoms with Crippen LogP contribution >= 0.6 is 11.3 Å². The van der Waals surface area contributed by atoms with Gasteiger partial charge in [-0.1, -0.05) is 20.3 Å². The minimum Gasteiger partial charge on any atom is -0.307 e. The zero-order valence-corrected chi connectivity index (χ0v) is 12.2. The van der Waals surface area contributed by atoms with Crippen LogP contribution in [0.3, 0.4) is 0 Å². The quantitative estimate of drug-likeness (QED) is 0.877. The number of nitrogens with one attached hydrogen (secondary N) is 1. The molecule has 0 saturated heterocycles. The molecule has 3 heteroatoms. The van der Waals surface area contributed by atoms with Crippen molar-refractivity contribution in [3.63, 3.8) is 0 Å². The fourth-order valence-electron chi connectivity index (χ4n) is 3.00. The van der Waals surface area contributed by atoms with E-state index in [4.69, 9.17) is 0 Å². The number of aryl methyl sites for hydroxylation is 1. The van der Waals surface area contributed by atoms with Gasteiger partial charge >= 0.3 is 0 Å². The van der Waals surface area contributed by atoms with Crippen LogP contribution in [0.15, 0.2) is 5.51 Å². The first-order valence-electron chi connectivity index (χ1n) is 6.64. The van der Waals surface area contributed by atoms with Crippen LogP contribution in [0, 0.1) is 12.3 Å². The molecule has 1 N–H and O–H groups in total. The summed E-state index contributed by atoms with van der Waals surface area (Å²) in [6.45, 7) is 9.16. The molecule has 1 aromatic rings. The predicted octanol–water partition coefficient (Wildman–Crippen LogP) is 4.07. The SMILES string of the molecule is Cc1ncsc1C(C)NC1CCCC(C)(C)C1. The van der Waals surface area contributed by atoms with Gasteiger partial charge in [0, 0.05) is 17.0 Å². The van der Waals surface area contributed by atoms with Crippen molar-refractivity contribution in [3.05, 3.63) is 16.1 Å². The van der Waals surface area contributed by atoms with Gasteiger partial charge in [0.15, 0.2) is 0 Å². The van der Waals surface area contributed by atoms with Crippen LogP contribution in [-0.4, -0.2) is 11.0 Å². The Bertz CT molecular complexity index is 370. The van der Waals surface area contributed by atoms with Gasteiger partial charge in [-0.25, -0.2) is 4.98 Å². The Morgan fingerprint density at radius 1 is 1.53 bits per heavy atom. The molecule has 0 spiro atoms. The van der Waals surface area contributed by atoms with Crippen LogP contribution < -0.4 is 5.32 Å².